The minimum atomic E-state index is -0.691. The maximum Gasteiger partial charge on any atom is 0.328 e. The monoisotopic (exact) mass is 625 g/mol. The number of halogens is 1. The van der Waals surface area contributed by atoms with E-state index in [4.69, 9.17) is 23.9 Å². The van der Waals surface area contributed by atoms with Crippen LogP contribution in [0.2, 0.25) is 0 Å². The third-order valence-electron chi connectivity index (χ3n) is 9.67. The lowest BCUT2D eigenvalue weighted by Gasteiger charge is -2.32. The smallest absolute Gasteiger partial charge is 0.328 e. The highest BCUT2D eigenvalue weighted by Gasteiger charge is 2.41. The maximum absolute atomic E-state index is 14.8. The van der Waals surface area contributed by atoms with Crippen LogP contribution < -0.4 is 10.1 Å². The van der Waals surface area contributed by atoms with Crippen molar-refractivity contribution in [2.24, 2.45) is 11.8 Å². The number of carbonyl (C=O) groups is 1. The van der Waals surface area contributed by atoms with E-state index in [9.17, 15) is 9.18 Å². The van der Waals surface area contributed by atoms with Gasteiger partial charge in [0.05, 0.1) is 25.9 Å². The Morgan fingerprint density at radius 3 is 2.78 bits per heavy atom. The van der Waals surface area contributed by atoms with Gasteiger partial charge >= 0.3 is 5.97 Å². The molecule has 0 saturated carbocycles. The second kappa shape index (κ2) is 16.2. The molecule has 0 radical (unpaired) electrons. The SMILES string of the molecule is CCCO[C@@H]1c2ccc(F)cc2[C@@H](N2CC[C@@H](OCCCCc3cc(OC)c4c(n3)NCCC4)C2)C(=O)OCC(CCC)C1C. The van der Waals surface area contributed by atoms with Crippen LogP contribution in [0, 0.1) is 17.7 Å². The third-order valence-corrected chi connectivity index (χ3v) is 9.67. The highest BCUT2D eigenvalue weighted by atomic mass is 19.1. The lowest BCUT2D eigenvalue weighted by Crippen LogP contribution is -2.35. The zero-order valence-corrected chi connectivity index (χ0v) is 27.6. The van der Waals surface area contributed by atoms with Crippen molar-refractivity contribution in [3.05, 3.63) is 52.5 Å². The van der Waals surface area contributed by atoms with E-state index in [1.54, 1.807) is 7.11 Å². The molecule has 9 heteroatoms. The molecule has 1 fully saturated rings. The average molecular weight is 626 g/mol. The molecule has 4 heterocycles. The minimum Gasteiger partial charge on any atom is -0.496 e. The summed E-state index contributed by atoms with van der Waals surface area (Å²) in [4.78, 5) is 20.7. The van der Waals surface area contributed by atoms with Crippen molar-refractivity contribution in [3.8, 4) is 5.75 Å². The van der Waals surface area contributed by atoms with E-state index in [1.165, 1.54) is 17.7 Å². The number of ether oxygens (including phenoxy) is 4. The van der Waals surface area contributed by atoms with E-state index in [2.05, 4.69) is 37.1 Å². The van der Waals surface area contributed by atoms with E-state index in [1.807, 2.05) is 6.07 Å². The molecule has 1 N–H and O–H groups in total. The fourth-order valence-corrected chi connectivity index (χ4v) is 7.22. The number of aryl methyl sites for hydroxylation is 1. The topological polar surface area (TPSA) is 82.2 Å². The number of esters is 1. The zero-order valence-electron chi connectivity index (χ0n) is 27.6. The number of aromatic nitrogens is 1. The quantitative estimate of drug-likeness (QED) is 0.192. The lowest BCUT2D eigenvalue weighted by molar-refractivity contribution is -0.152. The van der Waals surface area contributed by atoms with Crippen molar-refractivity contribution in [1.82, 2.24) is 9.88 Å². The molecule has 45 heavy (non-hydrogen) atoms. The number of methoxy groups -OCH3 is 1. The van der Waals surface area contributed by atoms with Crippen LogP contribution in [-0.4, -0.2) is 68.5 Å². The molecule has 3 aliphatic heterocycles. The van der Waals surface area contributed by atoms with Gasteiger partial charge in [0.15, 0.2) is 0 Å². The van der Waals surface area contributed by atoms with Crippen molar-refractivity contribution >= 4 is 11.8 Å². The van der Waals surface area contributed by atoms with Gasteiger partial charge in [0.1, 0.15) is 23.4 Å². The number of likely N-dealkylation sites (tertiary alicyclic amines) is 1. The summed E-state index contributed by atoms with van der Waals surface area (Å²) in [6, 6.07) is 6.21. The number of pyridine rings is 1. The van der Waals surface area contributed by atoms with Gasteiger partial charge in [-0.1, -0.05) is 33.3 Å². The number of cyclic esters (lactones) is 1. The van der Waals surface area contributed by atoms with Gasteiger partial charge in [-0.2, -0.15) is 0 Å². The van der Waals surface area contributed by atoms with E-state index in [0.29, 0.717) is 38.5 Å². The molecule has 248 valence electrons. The van der Waals surface area contributed by atoms with Crippen molar-refractivity contribution in [1.29, 1.82) is 0 Å². The Balaban J connectivity index is 1.22. The third kappa shape index (κ3) is 8.16. The van der Waals surface area contributed by atoms with Gasteiger partial charge in [-0.3, -0.25) is 4.90 Å². The van der Waals surface area contributed by atoms with Gasteiger partial charge in [-0.25, -0.2) is 14.2 Å². The number of nitrogens with zero attached hydrogens (tertiary/aromatic N) is 2. The maximum atomic E-state index is 14.8. The number of nitrogens with one attached hydrogen (secondary N) is 1. The summed E-state index contributed by atoms with van der Waals surface area (Å²) in [5, 5.41) is 3.41. The first kappa shape index (κ1) is 33.6. The fraction of sp³-hybridized carbons (Fsp3) is 0.667. The minimum absolute atomic E-state index is 0.00695. The Hall–Kier alpha value is -2.75. The largest absolute Gasteiger partial charge is 0.496 e. The van der Waals surface area contributed by atoms with Crippen molar-refractivity contribution in [2.45, 2.75) is 96.8 Å². The van der Waals surface area contributed by atoms with Crippen LogP contribution in [0.5, 0.6) is 5.75 Å². The first-order chi connectivity index (χ1) is 21.9. The number of anilines is 1. The Labute approximate surface area is 268 Å². The predicted octanol–water partition coefficient (Wildman–Crippen LogP) is 6.82. The van der Waals surface area contributed by atoms with Gasteiger partial charge in [-0.15, -0.1) is 0 Å². The molecule has 0 spiro atoms. The lowest BCUT2D eigenvalue weighted by atomic mass is 9.81. The molecule has 0 bridgehead atoms. The van der Waals surface area contributed by atoms with Crippen molar-refractivity contribution < 1.29 is 28.1 Å². The summed E-state index contributed by atoms with van der Waals surface area (Å²) in [7, 11) is 1.72. The number of benzene rings is 1. The molecule has 8 nitrogen and oxygen atoms in total. The van der Waals surface area contributed by atoms with Gasteiger partial charge in [0.2, 0.25) is 0 Å². The standard InChI is InChI=1S/C36H52FN3O5/c1-5-10-25-23-45-36(41)33(31-20-26(37)13-14-29(31)34(24(25)3)44-18-6-2)40-17-15-28(22-40)43-19-8-7-11-27-21-32(42-4)30-12-9-16-38-35(30)39-27/h13-14,20-21,24-25,28,33-34H,5-12,15-19,22-23H2,1-4H3,(H,38,39)/t24?,25?,28-,33-,34+/m1/s1. The fourth-order valence-electron chi connectivity index (χ4n) is 7.22. The average Bonchev–Trinajstić information content (AvgIpc) is 3.52. The molecule has 5 atom stereocenters. The predicted molar refractivity (Wildman–Crippen MR) is 173 cm³/mol. The Kier molecular flexibility index (Phi) is 12.1. The van der Waals surface area contributed by atoms with Crippen LogP contribution in [0.15, 0.2) is 24.3 Å². The molecule has 2 aromatic rings. The molecule has 5 rings (SSSR count). The molecule has 0 amide bonds. The molecular weight excluding hydrogens is 573 g/mol. The summed E-state index contributed by atoms with van der Waals surface area (Å²) >= 11 is 0. The number of rotatable bonds is 13. The first-order valence-corrected chi connectivity index (χ1v) is 17.2. The van der Waals surface area contributed by atoms with Gasteiger partial charge < -0.3 is 24.3 Å². The van der Waals surface area contributed by atoms with Crippen molar-refractivity contribution in [3.63, 3.8) is 0 Å². The van der Waals surface area contributed by atoms with E-state index < -0.39 is 6.04 Å². The van der Waals surface area contributed by atoms with Crippen LogP contribution in [0.4, 0.5) is 10.2 Å². The molecule has 1 saturated heterocycles. The molecule has 0 aliphatic carbocycles. The van der Waals surface area contributed by atoms with Gasteiger partial charge in [0, 0.05) is 50.2 Å². The van der Waals surface area contributed by atoms with Crippen LogP contribution in [0.25, 0.3) is 0 Å². The van der Waals surface area contributed by atoms with E-state index in [-0.39, 0.29) is 35.8 Å². The molecule has 3 aliphatic rings. The highest BCUT2D eigenvalue weighted by Crippen LogP contribution is 2.41. The number of carbonyl (C=O) groups excluding carboxylic acids is 1. The van der Waals surface area contributed by atoms with Crippen molar-refractivity contribution in [2.75, 3.05) is 51.9 Å². The molecule has 1 aromatic carbocycles. The summed E-state index contributed by atoms with van der Waals surface area (Å²) in [5.74, 6) is 1.51. The molecular formula is C36H52FN3O5. The summed E-state index contributed by atoms with van der Waals surface area (Å²) in [6.07, 6.45) is 8.24. The Morgan fingerprint density at radius 2 is 1.98 bits per heavy atom. The number of fused-ring (bicyclic) bond motifs is 2. The number of hydrogen-bond acceptors (Lipinski definition) is 8. The summed E-state index contributed by atoms with van der Waals surface area (Å²) < 4.78 is 39.2. The molecule has 2 unspecified atom stereocenters. The zero-order chi connectivity index (χ0) is 31.8. The van der Waals surface area contributed by atoms with E-state index >= 15 is 0 Å². The second-order valence-corrected chi connectivity index (χ2v) is 12.9. The van der Waals surface area contributed by atoms with Crippen LogP contribution in [0.3, 0.4) is 0 Å². The van der Waals surface area contributed by atoms with Crippen LogP contribution in [-0.2, 0) is 31.8 Å². The number of unbranched alkanes of at least 4 members (excludes halogenated alkanes) is 1. The van der Waals surface area contributed by atoms with Gasteiger partial charge in [-0.05, 0) is 86.5 Å². The van der Waals surface area contributed by atoms with Crippen LogP contribution >= 0.6 is 0 Å². The number of hydrogen-bond donors (Lipinski definition) is 1. The Bertz CT molecular complexity index is 1260. The highest BCUT2D eigenvalue weighted by molar-refractivity contribution is 5.78. The van der Waals surface area contributed by atoms with Crippen LogP contribution in [0.1, 0.15) is 100 Å². The first-order valence-electron chi connectivity index (χ1n) is 17.2. The Morgan fingerprint density at radius 1 is 1.11 bits per heavy atom. The second-order valence-electron chi connectivity index (χ2n) is 12.9. The molecule has 1 aromatic heterocycles. The summed E-state index contributed by atoms with van der Waals surface area (Å²) in [5.41, 5.74) is 3.77. The normalized spacial score (nSPS) is 25.4. The van der Waals surface area contributed by atoms with E-state index in [0.717, 1.165) is 87.2 Å². The van der Waals surface area contributed by atoms with Gasteiger partial charge in [0.25, 0.3) is 0 Å². The summed E-state index contributed by atoms with van der Waals surface area (Å²) in [6.45, 7) is 10.2.